The second-order valence-corrected chi connectivity index (χ2v) is 4.73. The third-order valence-electron chi connectivity index (χ3n) is 2.86. The van der Waals surface area contributed by atoms with Gasteiger partial charge in [-0.05, 0) is 35.9 Å². The van der Waals surface area contributed by atoms with Crippen LogP contribution in [0.1, 0.15) is 11.1 Å². The van der Waals surface area contributed by atoms with E-state index >= 15 is 0 Å². The highest BCUT2D eigenvalue weighted by Crippen LogP contribution is 2.27. The van der Waals surface area contributed by atoms with Crippen LogP contribution in [-0.2, 0) is 13.2 Å². The zero-order valence-corrected chi connectivity index (χ0v) is 12.0. The van der Waals surface area contributed by atoms with Crippen LogP contribution in [0.3, 0.4) is 0 Å². The van der Waals surface area contributed by atoms with Crippen LogP contribution in [0.15, 0.2) is 30.3 Å². The summed E-state index contributed by atoms with van der Waals surface area (Å²) in [5, 5.41) is 9.34. The molecule has 2 aromatic rings. The molecule has 6 heteroatoms. The lowest BCUT2D eigenvalue weighted by molar-refractivity contribution is 0.262. The molecule has 0 bridgehead atoms. The number of aliphatic hydroxyl groups excluding tert-OH is 1. The lowest BCUT2D eigenvalue weighted by Gasteiger charge is -2.12. The minimum Gasteiger partial charge on any atom is -0.496 e. The van der Waals surface area contributed by atoms with Gasteiger partial charge in [0.2, 0.25) is 0 Å². The standard InChI is InChI=1S/C15H13ClF2O3/c1-20-14-3-2-11(16)6-10(14)8-21-15-12(17)4-9(7-19)5-13(15)18/h2-6,19H,7-8H2,1H3. The Morgan fingerprint density at radius 1 is 1.14 bits per heavy atom. The molecule has 1 N–H and O–H groups in total. The highest BCUT2D eigenvalue weighted by molar-refractivity contribution is 6.30. The summed E-state index contributed by atoms with van der Waals surface area (Å²) in [5.41, 5.74) is 0.702. The van der Waals surface area contributed by atoms with E-state index in [0.29, 0.717) is 16.3 Å². The first-order valence-electron chi connectivity index (χ1n) is 6.09. The number of aliphatic hydroxyl groups is 1. The van der Waals surface area contributed by atoms with Gasteiger partial charge >= 0.3 is 0 Å². The molecule has 112 valence electrons. The average Bonchev–Trinajstić information content (AvgIpc) is 2.46. The van der Waals surface area contributed by atoms with Crippen molar-refractivity contribution in [3.8, 4) is 11.5 Å². The molecule has 2 rings (SSSR count). The highest BCUT2D eigenvalue weighted by Gasteiger charge is 2.14. The predicted molar refractivity (Wildman–Crippen MR) is 74.6 cm³/mol. The van der Waals surface area contributed by atoms with Crippen LogP contribution >= 0.6 is 11.6 Å². The molecule has 0 atom stereocenters. The molecule has 0 aliphatic heterocycles. The number of methoxy groups -OCH3 is 1. The first-order valence-corrected chi connectivity index (χ1v) is 6.47. The maximum Gasteiger partial charge on any atom is 0.191 e. The quantitative estimate of drug-likeness (QED) is 0.914. The Balaban J connectivity index is 2.22. The number of rotatable bonds is 5. The van der Waals surface area contributed by atoms with Crippen molar-refractivity contribution in [1.82, 2.24) is 0 Å². The molecule has 0 aliphatic carbocycles. The highest BCUT2D eigenvalue weighted by atomic mass is 35.5. The Bertz CT molecular complexity index is 624. The van der Waals surface area contributed by atoms with Crippen molar-refractivity contribution >= 4 is 11.6 Å². The Morgan fingerprint density at radius 2 is 1.81 bits per heavy atom. The monoisotopic (exact) mass is 314 g/mol. The lowest BCUT2D eigenvalue weighted by Crippen LogP contribution is -2.03. The van der Waals surface area contributed by atoms with Gasteiger partial charge in [0.25, 0.3) is 0 Å². The van der Waals surface area contributed by atoms with Crippen molar-refractivity contribution in [1.29, 1.82) is 0 Å². The van der Waals surface area contributed by atoms with Crippen molar-refractivity contribution in [3.05, 3.63) is 58.1 Å². The van der Waals surface area contributed by atoms with E-state index < -0.39 is 24.0 Å². The lowest BCUT2D eigenvalue weighted by atomic mass is 10.2. The van der Waals surface area contributed by atoms with Crippen LogP contribution < -0.4 is 9.47 Å². The smallest absolute Gasteiger partial charge is 0.191 e. The van der Waals surface area contributed by atoms with Crippen molar-refractivity contribution in [2.75, 3.05) is 7.11 Å². The Hall–Kier alpha value is -1.85. The van der Waals surface area contributed by atoms with E-state index in [9.17, 15) is 8.78 Å². The molecule has 0 aromatic heterocycles. The van der Waals surface area contributed by atoms with Gasteiger partial charge in [-0.1, -0.05) is 11.6 Å². The molecule has 0 amide bonds. The third-order valence-corrected chi connectivity index (χ3v) is 3.09. The van der Waals surface area contributed by atoms with Gasteiger partial charge < -0.3 is 14.6 Å². The van der Waals surface area contributed by atoms with Crippen molar-refractivity contribution in [3.63, 3.8) is 0 Å². The van der Waals surface area contributed by atoms with E-state index in [1.807, 2.05) is 0 Å². The number of halogens is 3. The Labute approximate surface area is 125 Å². The number of hydrogen-bond acceptors (Lipinski definition) is 3. The summed E-state index contributed by atoms with van der Waals surface area (Å²) in [6.45, 7) is -0.549. The topological polar surface area (TPSA) is 38.7 Å². The summed E-state index contributed by atoms with van der Waals surface area (Å²) in [6.07, 6.45) is 0. The maximum absolute atomic E-state index is 13.7. The molecule has 0 spiro atoms. The zero-order chi connectivity index (χ0) is 15.4. The van der Waals surface area contributed by atoms with Gasteiger partial charge in [-0.25, -0.2) is 8.78 Å². The summed E-state index contributed by atoms with van der Waals surface area (Å²) in [7, 11) is 1.48. The Morgan fingerprint density at radius 3 is 2.38 bits per heavy atom. The molecule has 0 saturated carbocycles. The van der Waals surface area contributed by atoms with Crippen LogP contribution in [0.25, 0.3) is 0 Å². The number of benzene rings is 2. The van der Waals surface area contributed by atoms with Crippen LogP contribution in [-0.4, -0.2) is 12.2 Å². The van der Waals surface area contributed by atoms with Gasteiger partial charge in [0.1, 0.15) is 12.4 Å². The largest absolute Gasteiger partial charge is 0.496 e. The van der Waals surface area contributed by atoms with Crippen LogP contribution in [0, 0.1) is 11.6 Å². The summed E-state index contributed by atoms with van der Waals surface area (Å²) in [5.74, 6) is -1.75. The molecule has 2 aromatic carbocycles. The Kier molecular flexibility index (Phi) is 4.98. The molecule has 0 fully saturated rings. The number of hydrogen-bond donors (Lipinski definition) is 1. The van der Waals surface area contributed by atoms with Gasteiger partial charge in [-0.2, -0.15) is 0 Å². The van der Waals surface area contributed by atoms with E-state index in [1.165, 1.54) is 7.11 Å². The molecular formula is C15H13ClF2O3. The maximum atomic E-state index is 13.7. The van der Waals surface area contributed by atoms with E-state index in [1.54, 1.807) is 18.2 Å². The van der Waals surface area contributed by atoms with Gasteiger partial charge in [-0.15, -0.1) is 0 Å². The van der Waals surface area contributed by atoms with E-state index in [0.717, 1.165) is 12.1 Å². The van der Waals surface area contributed by atoms with E-state index in [4.69, 9.17) is 26.2 Å². The van der Waals surface area contributed by atoms with E-state index in [-0.39, 0.29) is 12.2 Å². The molecule has 0 unspecified atom stereocenters. The van der Waals surface area contributed by atoms with Gasteiger partial charge in [0.05, 0.1) is 13.7 Å². The van der Waals surface area contributed by atoms with Crippen molar-refractivity contribution in [2.24, 2.45) is 0 Å². The molecule has 0 heterocycles. The molecule has 0 aliphatic rings. The minimum atomic E-state index is -0.875. The van der Waals surface area contributed by atoms with Crippen LogP contribution in [0.5, 0.6) is 11.5 Å². The fraction of sp³-hybridized carbons (Fsp3) is 0.200. The normalized spacial score (nSPS) is 10.5. The van der Waals surface area contributed by atoms with Gasteiger partial charge in [-0.3, -0.25) is 0 Å². The van der Waals surface area contributed by atoms with E-state index in [2.05, 4.69) is 0 Å². The molecule has 21 heavy (non-hydrogen) atoms. The fourth-order valence-corrected chi connectivity index (χ4v) is 2.05. The van der Waals surface area contributed by atoms with Gasteiger partial charge in [0.15, 0.2) is 17.4 Å². The van der Waals surface area contributed by atoms with Crippen LogP contribution in [0.4, 0.5) is 8.78 Å². The summed E-state index contributed by atoms with van der Waals surface area (Å²) >= 11 is 5.87. The predicted octanol–water partition coefficient (Wildman–Crippen LogP) is 3.70. The summed E-state index contributed by atoms with van der Waals surface area (Å²) in [6, 6.07) is 6.92. The van der Waals surface area contributed by atoms with Crippen LogP contribution in [0.2, 0.25) is 5.02 Å². The van der Waals surface area contributed by atoms with Gasteiger partial charge in [0, 0.05) is 10.6 Å². The average molecular weight is 315 g/mol. The molecule has 3 nitrogen and oxygen atoms in total. The van der Waals surface area contributed by atoms with Crippen molar-refractivity contribution < 1.29 is 23.4 Å². The second-order valence-electron chi connectivity index (χ2n) is 4.29. The first-order chi connectivity index (χ1) is 10.0. The molecule has 0 radical (unpaired) electrons. The zero-order valence-electron chi connectivity index (χ0n) is 11.2. The fourth-order valence-electron chi connectivity index (χ4n) is 1.85. The minimum absolute atomic E-state index is 0.101. The second kappa shape index (κ2) is 6.74. The molecule has 0 saturated heterocycles. The molecular weight excluding hydrogens is 302 g/mol. The summed E-state index contributed by atoms with van der Waals surface area (Å²) < 4.78 is 37.8. The van der Waals surface area contributed by atoms with Crippen molar-refractivity contribution in [2.45, 2.75) is 13.2 Å². The first kappa shape index (κ1) is 15.5. The SMILES string of the molecule is COc1ccc(Cl)cc1COc1c(F)cc(CO)cc1F. The third kappa shape index (κ3) is 3.62. The number of ether oxygens (including phenoxy) is 2. The summed E-state index contributed by atoms with van der Waals surface area (Å²) in [4.78, 5) is 0.